The van der Waals surface area contributed by atoms with Crippen molar-refractivity contribution in [2.45, 2.75) is 13.8 Å². The Hall–Kier alpha value is -2.10. The van der Waals surface area contributed by atoms with Gasteiger partial charge in [-0.15, -0.1) is 0 Å². The Balaban J connectivity index is 2.36. The van der Waals surface area contributed by atoms with E-state index in [4.69, 9.17) is 5.73 Å². The summed E-state index contributed by atoms with van der Waals surface area (Å²) in [5.41, 5.74) is 8.83. The monoisotopic (exact) mass is 228 g/mol. The van der Waals surface area contributed by atoms with Gasteiger partial charge in [-0.05, 0) is 26.0 Å². The number of nitrogen functional groups attached to an aromatic ring is 1. The van der Waals surface area contributed by atoms with Gasteiger partial charge in [-0.3, -0.25) is 0 Å². The van der Waals surface area contributed by atoms with Crippen molar-refractivity contribution < 1.29 is 0 Å². The van der Waals surface area contributed by atoms with Gasteiger partial charge in [0, 0.05) is 24.5 Å². The van der Waals surface area contributed by atoms with Crippen LogP contribution in [0.25, 0.3) is 0 Å². The van der Waals surface area contributed by atoms with E-state index in [1.54, 1.807) is 0 Å². The number of aryl methyl sites for hydroxylation is 2. The summed E-state index contributed by atoms with van der Waals surface area (Å²) in [5.74, 6) is 1.11. The maximum atomic E-state index is 5.65. The average Bonchev–Trinajstić information content (AvgIpc) is 2.28. The molecule has 1 aromatic heterocycles. The number of nitrogens with two attached hydrogens (primary N) is 1. The smallest absolute Gasteiger partial charge is 0.222 e. The van der Waals surface area contributed by atoms with Crippen molar-refractivity contribution in [1.82, 2.24) is 9.97 Å². The largest absolute Gasteiger partial charge is 0.368 e. The van der Waals surface area contributed by atoms with Crippen LogP contribution in [0.1, 0.15) is 11.3 Å². The molecule has 0 amide bonds. The van der Waals surface area contributed by atoms with Crippen LogP contribution in [0.3, 0.4) is 0 Å². The first-order valence-electron chi connectivity index (χ1n) is 5.48. The lowest BCUT2D eigenvalue weighted by atomic mass is 10.2. The van der Waals surface area contributed by atoms with Gasteiger partial charge in [-0.2, -0.15) is 4.98 Å². The average molecular weight is 228 g/mol. The van der Waals surface area contributed by atoms with E-state index in [9.17, 15) is 0 Å². The first-order chi connectivity index (χ1) is 8.06. The fourth-order valence-electron chi connectivity index (χ4n) is 1.65. The summed E-state index contributed by atoms with van der Waals surface area (Å²) in [4.78, 5) is 10.3. The normalized spacial score (nSPS) is 10.3. The van der Waals surface area contributed by atoms with Crippen molar-refractivity contribution in [3.63, 3.8) is 0 Å². The van der Waals surface area contributed by atoms with E-state index in [2.05, 4.69) is 41.2 Å². The van der Waals surface area contributed by atoms with Crippen molar-refractivity contribution in [3.05, 3.63) is 41.6 Å². The zero-order chi connectivity index (χ0) is 12.4. The first kappa shape index (κ1) is 11.4. The lowest BCUT2D eigenvalue weighted by Crippen LogP contribution is -2.13. The molecule has 0 unspecified atom stereocenters. The van der Waals surface area contributed by atoms with Crippen LogP contribution in [0, 0.1) is 13.8 Å². The Bertz CT molecular complexity index is 499. The van der Waals surface area contributed by atoms with Gasteiger partial charge in [-0.25, -0.2) is 4.98 Å². The van der Waals surface area contributed by atoms with Gasteiger partial charge in [0.05, 0.1) is 0 Å². The zero-order valence-electron chi connectivity index (χ0n) is 10.3. The Morgan fingerprint density at radius 1 is 1.06 bits per heavy atom. The standard InChI is InChI=1S/C13H16N4/c1-9-4-6-11(7-5-9)17(3)12-8-10(2)15-13(14)16-12/h4-8H,1-3H3,(H2,14,15,16). The molecule has 4 nitrogen and oxygen atoms in total. The highest BCUT2D eigenvalue weighted by atomic mass is 15.2. The third kappa shape index (κ3) is 2.53. The highest BCUT2D eigenvalue weighted by Crippen LogP contribution is 2.22. The van der Waals surface area contributed by atoms with Crippen molar-refractivity contribution in [1.29, 1.82) is 0 Å². The molecule has 0 saturated carbocycles. The summed E-state index contributed by atoms with van der Waals surface area (Å²) in [6.07, 6.45) is 0. The molecule has 0 spiro atoms. The molecule has 1 heterocycles. The van der Waals surface area contributed by atoms with E-state index in [0.717, 1.165) is 17.2 Å². The highest BCUT2D eigenvalue weighted by Gasteiger charge is 2.07. The molecule has 0 fully saturated rings. The minimum Gasteiger partial charge on any atom is -0.368 e. The van der Waals surface area contributed by atoms with Gasteiger partial charge in [0.25, 0.3) is 0 Å². The molecule has 2 rings (SSSR count). The second-order valence-corrected chi connectivity index (χ2v) is 4.12. The van der Waals surface area contributed by atoms with Crippen LogP contribution in [0.15, 0.2) is 30.3 Å². The molecular weight excluding hydrogens is 212 g/mol. The number of hydrogen-bond donors (Lipinski definition) is 1. The zero-order valence-corrected chi connectivity index (χ0v) is 10.3. The summed E-state index contributed by atoms with van der Waals surface area (Å²) in [6.45, 7) is 3.97. The number of anilines is 3. The molecule has 0 aliphatic heterocycles. The minimum absolute atomic E-state index is 0.305. The van der Waals surface area contributed by atoms with Crippen LogP contribution in [0.5, 0.6) is 0 Å². The van der Waals surface area contributed by atoms with E-state index >= 15 is 0 Å². The fraction of sp³-hybridized carbons (Fsp3) is 0.231. The quantitative estimate of drug-likeness (QED) is 0.857. The third-order valence-electron chi connectivity index (χ3n) is 2.62. The summed E-state index contributed by atoms with van der Waals surface area (Å²) in [6, 6.07) is 10.2. The van der Waals surface area contributed by atoms with Crippen LogP contribution in [-0.4, -0.2) is 17.0 Å². The lowest BCUT2D eigenvalue weighted by Gasteiger charge is -2.18. The maximum absolute atomic E-state index is 5.65. The topological polar surface area (TPSA) is 55.0 Å². The van der Waals surface area contributed by atoms with Gasteiger partial charge in [-0.1, -0.05) is 17.7 Å². The predicted molar refractivity (Wildman–Crippen MR) is 70.4 cm³/mol. The van der Waals surface area contributed by atoms with Crippen molar-refractivity contribution in [3.8, 4) is 0 Å². The number of nitrogens with zero attached hydrogens (tertiary/aromatic N) is 3. The van der Waals surface area contributed by atoms with Gasteiger partial charge < -0.3 is 10.6 Å². The van der Waals surface area contributed by atoms with Crippen molar-refractivity contribution in [2.75, 3.05) is 17.7 Å². The van der Waals surface area contributed by atoms with Gasteiger partial charge in [0.2, 0.25) is 5.95 Å². The predicted octanol–water partition coefficient (Wildman–Crippen LogP) is 2.44. The molecule has 0 aliphatic rings. The molecule has 0 saturated heterocycles. The Morgan fingerprint density at radius 3 is 2.29 bits per heavy atom. The minimum atomic E-state index is 0.305. The molecule has 2 N–H and O–H groups in total. The van der Waals surface area contributed by atoms with Crippen LogP contribution < -0.4 is 10.6 Å². The molecule has 0 aliphatic carbocycles. The van der Waals surface area contributed by atoms with Crippen LogP contribution in [-0.2, 0) is 0 Å². The summed E-state index contributed by atoms with van der Waals surface area (Å²) >= 11 is 0. The fourth-order valence-corrected chi connectivity index (χ4v) is 1.65. The number of rotatable bonds is 2. The summed E-state index contributed by atoms with van der Waals surface area (Å²) in [5, 5.41) is 0. The summed E-state index contributed by atoms with van der Waals surface area (Å²) in [7, 11) is 1.96. The number of hydrogen-bond acceptors (Lipinski definition) is 4. The maximum Gasteiger partial charge on any atom is 0.222 e. The van der Waals surface area contributed by atoms with Gasteiger partial charge in [0.1, 0.15) is 5.82 Å². The Labute approximate surface area is 101 Å². The van der Waals surface area contributed by atoms with Crippen molar-refractivity contribution in [2.24, 2.45) is 0 Å². The molecule has 88 valence electrons. The van der Waals surface area contributed by atoms with Gasteiger partial charge >= 0.3 is 0 Å². The van der Waals surface area contributed by atoms with Crippen LogP contribution >= 0.6 is 0 Å². The first-order valence-corrected chi connectivity index (χ1v) is 5.48. The molecule has 17 heavy (non-hydrogen) atoms. The second-order valence-electron chi connectivity index (χ2n) is 4.12. The number of aromatic nitrogens is 2. The Morgan fingerprint density at radius 2 is 1.71 bits per heavy atom. The van der Waals surface area contributed by atoms with Crippen LogP contribution in [0.4, 0.5) is 17.5 Å². The van der Waals surface area contributed by atoms with Crippen LogP contribution in [0.2, 0.25) is 0 Å². The molecule has 0 radical (unpaired) electrons. The van der Waals surface area contributed by atoms with Crippen molar-refractivity contribution >= 4 is 17.5 Å². The van der Waals surface area contributed by atoms with Gasteiger partial charge in [0.15, 0.2) is 0 Å². The van der Waals surface area contributed by atoms with E-state index in [0.29, 0.717) is 5.95 Å². The molecule has 0 atom stereocenters. The van der Waals surface area contributed by atoms with E-state index < -0.39 is 0 Å². The second kappa shape index (κ2) is 4.41. The van der Waals surface area contributed by atoms with E-state index in [1.165, 1.54) is 5.56 Å². The number of benzene rings is 1. The molecule has 0 bridgehead atoms. The molecule has 1 aromatic carbocycles. The molecule has 2 aromatic rings. The molecular formula is C13H16N4. The SMILES string of the molecule is Cc1ccc(N(C)c2cc(C)nc(N)n2)cc1. The van der Waals surface area contributed by atoms with E-state index in [1.807, 2.05) is 24.9 Å². The molecule has 4 heteroatoms. The highest BCUT2D eigenvalue weighted by molar-refractivity contribution is 5.60. The lowest BCUT2D eigenvalue weighted by molar-refractivity contribution is 1.06. The van der Waals surface area contributed by atoms with E-state index in [-0.39, 0.29) is 0 Å². The Kier molecular flexibility index (Phi) is 2.95. The third-order valence-corrected chi connectivity index (χ3v) is 2.62. The summed E-state index contributed by atoms with van der Waals surface area (Å²) < 4.78 is 0.